The van der Waals surface area contributed by atoms with E-state index < -0.39 is 6.10 Å². The van der Waals surface area contributed by atoms with E-state index in [1.54, 1.807) is 0 Å². The lowest BCUT2D eigenvalue weighted by molar-refractivity contribution is -0.161. The van der Waals surface area contributed by atoms with Crippen LogP contribution in [0, 0.1) is 5.92 Å². The summed E-state index contributed by atoms with van der Waals surface area (Å²) < 4.78 is 10.5. The molecular formula is C29H56O5. The molecule has 0 heterocycles. The van der Waals surface area contributed by atoms with Crippen LogP contribution < -0.4 is 0 Å². The summed E-state index contributed by atoms with van der Waals surface area (Å²) in [6.45, 7) is 6.39. The maximum absolute atomic E-state index is 12.0. The minimum absolute atomic E-state index is 0.0606. The lowest BCUT2D eigenvalue weighted by Crippen LogP contribution is -2.28. The topological polar surface area (TPSA) is 72.8 Å². The quantitative estimate of drug-likeness (QED) is 0.105. The first-order chi connectivity index (χ1) is 16.5. The number of aliphatic hydroxyl groups excluding tert-OH is 1. The van der Waals surface area contributed by atoms with Crippen LogP contribution >= 0.6 is 0 Å². The second-order valence-corrected chi connectivity index (χ2v) is 10.3. The highest BCUT2D eigenvalue weighted by atomic mass is 16.6. The van der Waals surface area contributed by atoms with E-state index in [1.165, 1.54) is 77.0 Å². The maximum atomic E-state index is 12.0. The Balaban J connectivity index is 3.60. The van der Waals surface area contributed by atoms with Gasteiger partial charge < -0.3 is 14.6 Å². The van der Waals surface area contributed by atoms with Crippen LogP contribution in [0.3, 0.4) is 0 Å². The molecule has 0 saturated carbocycles. The van der Waals surface area contributed by atoms with Crippen LogP contribution in [0.4, 0.5) is 0 Å². The number of carbonyl (C=O) groups excluding carboxylic acids is 2. The molecule has 0 unspecified atom stereocenters. The lowest BCUT2D eigenvalue weighted by Gasteiger charge is -2.15. The highest BCUT2D eigenvalue weighted by Crippen LogP contribution is 2.14. The fourth-order valence-corrected chi connectivity index (χ4v) is 4.09. The van der Waals surface area contributed by atoms with Crippen molar-refractivity contribution in [2.24, 2.45) is 5.92 Å². The van der Waals surface area contributed by atoms with Crippen molar-refractivity contribution in [2.45, 2.75) is 155 Å². The molecule has 1 atom stereocenters. The molecule has 0 aliphatic carbocycles. The highest BCUT2D eigenvalue weighted by Gasteiger charge is 2.16. The standard InChI is InChI=1S/C29H56O5/c1-4-5-6-7-8-9-10-13-17-20-23-29(32)34-27(24-30)25-33-28(31)22-19-16-14-11-12-15-18-21-26(2)3/h26-27,30H,4-25H2,1-3H3/t27-/m0/s1. The van der Waals surface area contributed by atoms with Crippen LogP contribution in [0.2, 0.25) is 0 Å². The van der Waals surface area contributed by atoms with Crippen molar-refractivity contribution in [2.75, 3.05) is 13.2 Å². The molecule has 0 spiro atoms. The first-order valence-electron chi connectivity index (χ1n) is 14.5. The number of esters is 2. The first kappa shape index (κ1) is 32.9. The average Bonchev–Trinajstić information content (AvgIpc) is 2.81. The second-order valence-electron chi connectivity index (χ2n) is 10.3. The molecule has 202 valence electrons. The number of aliphatic hydroxyl groups is 1. The van der Waals surface area contributed by atoms with Crippen molar-refractivity contribution < 1.29 is 24.2 Å². The van der Waals surface area contributed by atoms with Gasteiger partial charge in [-0.2, -0.15) is 0 Å². The Morgan fingerprint density at radius 1 is 0.647 bits per heavy atom. The molecule has 0 aliphatic rings. The van der Waals surface area contributed by atoms with Gasteiger partial charge in [-0.25, -0.2) is 0 Å². The summed E-state index contributed by atoms with van der Waals surface area (Å²) in [6, 6.07) is 0. The zero-order chi connectivity index (χ0) is 25.3. The SMILES string of the molecule is CCCCCCCCCCCCC(=O)O[C@@H](CO)COC(=O)CCCCCCCCCC(C)C. The van der Waals surface area contributed by atoms with E-state index in [4.69, 9.17) is 9.47 Å². The summed E-state index contributed by atoms with van der Waals surface area (Å²) in [7, 11) is 0. The minimum atomic E-state index is -0.759. The van der Waals surface area contributed by atoms with Gasteiger partial charge in [0, 0.05) is 12.8 Å². The van der Waals surface area contributed by atoms with E-state index in [0.29, 0.717) is 12.8 Å². The lowest BCUT2D eigenvalue weighted by atomic mass is 10.0. The molecule has 0 rings (SSSR count). The monoisotopic (exact) mass is 484 g/mol. The molecule has 0 bridgehead atoms. The number of hydrogen-bond donors (Lipinski definition) is 1. The Morgan fingerprint density at radius 2 is 1.09 bits per heavy atom. The Kier molecular flexibility index (Phi) is 24.2. The molecule has 0 aromatic carbocycles. The molecule has 0 radical (unpaired) electrons. The van der Waals surface area contributed by atoms with Crippen molar-refractivity contribution in [3.63, 3.8) is 0 Å². The van der Waals surface area contributed by atoms with E-state index >= 15 is 0 Å². The summed E-state index contributed by atoms with van der Waals surface area (Å²) in [5.74, 6) is 0.202. The molecule has 5 nitrogen and oxygen atoms in total. The van der Waals surface area contributed by atoms with E-state index in [0.717, 1.165) is 44.4 Å². The zero-order valence-electron chi connectivity index (χ0n) is 22.8. The number of carbonyl (C=O) groups is 2. The summed E-state index contributed by atoms with van der Waals surface area (Å²) in [5.41, 5.74) is 0. The minimum Gasteiger partial charge on any atom is -0.462 e. The van der Waals surface area contributed by atoms with Gasteiger partial charge in [-0.05, 0) is 18.8 Å². The van der Waals surface area contributed by atoms with Gasteiger partial charge in [0.05, 0.1) is 6.61 Å². The smallest absolute Gasteiger partial charge is 0.306 e. The van der Waals surface area contributed by atoms with Crippen LogP contribution in [-0.4, -0.2) is 36.4 Å². The van der Waals surface area contributed by atoms with Crippen molar-refractivity contribution in [1.29, 1.82) is 0 Å². The number of hydrogen-bond acceptors (Lipinski definition) is 5. The van der Waals surface area contributed by atoms with E-state index in [2.05, 4.69) is 20.8 Å². The van der Waals surface area contributed by atoms with Gasteiger partial charge >= 0.3 is 11.9 Å². The highest BCUT2D eigenvalue weighted by molar-refractivity contribution is 5.70. The molecule has 5 heteroatoms. The molecule has 0 saturated heterocycles. The van der Waals surface area contributed by atoms with Crippen LogP contribution in [-0.2, 0) is 19.1 Å². The van der Waals surface area contributed by atoms with Crippen LogP contribution in [0.15, 0.2) is 0 Å². The molecule has 0 aromatic heterocycles. The van der Waals surface area contributed by atoms with Gasteiger partial charge in [0.25, 0.3) is 0 Å². The van der Waals surface area contributed by atoms with Gasteiger partial charge in [-0.3, -0.25) is 9.59 Å². The predicted molar refractivity (Wildman–Crippen MR) is 141 cm³/mol. The fraction of sp³-hybridized carbons (Fsp3) is 0.931. The summed E-state index contributed by atoms with van der Waals surface area (Å²) in [4.78, 5) is 23.9. The normalized spacial score (nSPS) is 12.1. The van der Waals surface area contributed by atoms with Gasteiger partial charge in [0.1, 0.15) is 6.61 Å². The Hall–Kier alpha value is -1.10. The molecule has 0 amide bonds. The van der Waals surface area contributed by atoms with Gasteiger partial charge in [0.15, 0.2) is 6.10 Å². The summed E-state index contributed by atoms with van der Waals surface area (Å²) in [5, 5.41) is 9.43. The third kappa shape index (κ3) is 24.0. The predicted octanol–water partition coefficient (Wildman–Crippen LogP) is 7.91. The van der Waals surface area contributed by atoms with Gasteiger partial charge in [-0.1, -0.05) is 124 Å². The second kappa shape index (κ2) is 25.0. The Labute approximate surface area is 210 Å². The molecule has 1 N–H and O–H groups in total. The molecule has 0 aromatic rings. The summed E-state index contributed by atoms with van der Waals surface area (Å²) in [6.07, 6.45) is 21.6. The molecule has 0 aliphatic heterocycles. The van der Waals surface area contributed by atoms with Gasteiger partial charge in [0.2, 0.25) is 0 Å². The van der Waals surface area contributed by atoms with Crippen molar-refractivity contribution in [1.82, 2.24) is 0 Å². The number of unbranched alkanes of at least 4 members (excludes halogenated alkanes) is 15. The summed E-state index contributed by atoms with van der Waals surface area (Å²) >= 11 is 0. The third-order valence-corrected chi connectivity index (χ3v) is 6.33. The van der Waals surface area contributed by atoms with Crippen molar-refractivity contribution in [3.8, 4) is 0 Å². The molecule has 0 fully saturated rings. The van der Waals surface area contributed by atoms with E-state index in [1.807, 2.05) is 0 Å². The Morgan fingerprint density at radius 3 is 1.56 bits per heavy atom. The molecular weight excluding hydrogens is 428 g/mol. The maximum Gasteiger partial charge on any atom is 0.306 e. The van der Waals surface area contributed by atoms with E-state index in [9.17, 15) is 14.7 Å². The number of rotatable bonds is 25. The Bertz CT molecular complexity index is 463. The van der Waals surface area contributed by atoms with Crippen molar-refractivity contribution in [3.05, 3.63) is 0 Å². The molecule has 34 heavy (non-hydrogen) atoms. The average molecular weight is 485 g/mol. The van der Waals surface area contributed by atoms with Crippen molar-refractivity contribution >= 4 is 11.9 Å². The zero-order valence-corrected chi connectivity index (χ0v) is 22.8. The fourth-order valence-electron chi connectivity index (χ4n) is 4.09. The first-order valence-corrected chi connectivity index (χ1v) is 14.5. The van der Waals surface area contributed by atoms with Crippen LogP contribution in [0.1, 0.15) is 149 Å². The third-order valence-electron chi connectivity index (χ3n) is 6.33. The van der Waals surface area contributed by atoms with Crippen LogP contribution in [0.25, 0.3) is 0 Å². The van der Waals surface area contributed by atoms with Crippen LogP contribution in [0.5, 0.6) is 0 Å². The van der Waals surface area contributed by atoms with Gasteiger partial charge in [-0.15, -0.1) is 0 Å². The van der Waals surface area contributed by atoms with E-state index in [-0.39, 0.29) is 25.2 Å². The number of ether oxygens (including phenoxy) is 2. The largest absolute Gasteiger partial charge is 0.462 e.